The summed E-state index contributed by atoms with van der Waals surface area (Å²) in [5, 5.41) is 2.58. The molecule has 1 aliphatic rings. The number of benzene rings is 4. The molecule has 1 fully saturated rings. The van der Waals surface area contributed by atoms with Crippen LogP contribution in [0.2, 0.25) is 0 Å². The van der Waals surface area contributed by atoms with Crippen molar-refractivity contribution in [1.82, 2.24) is 4.90 Å². The topological polar surface area (TPSA) is 96.0 Å². The van der Waals surface area contributed by atoms with Crippen LogP contribution < -0.4 is 10.2 Å². The molecule has 1 saturated heterocycles. The van der Waals surface area contributed by atoms with Crippen LogP contribution in [-0.2, 0) is 27.3 Å². The number of amides is 5. The van der Waals surface area contributed by atoms with Gasteiger partial charge in [-0.1, -0.05) is 97.1 Å². The lowest BCUT2D eigenvalue weighted by Gasteiger charge is -2.43. The fourth-order valence-corrected chi connectivity index (χ4v) is 4.48. The van der Waals surface area contributed by atoms with Crippen LogP contribution in [0, 0.1) is 0 Å². The summed E-state index contributed by atoms with van der Waals surface area (Å²) >= 11 is 0. The predicted octanol–water partition coefficient (Wildman–Crippen LogP) is 5.41. The van der Waals surface area contributed by atoms with Gasteiger partial charge in [0.25, 0.3) is 17.4 Å². The Bertz CT molecular complexity index is 1480. The summed E-state index contributed by atoms with van der Waals surface area (Å²) in [5.74, 6) is -1.86. The average Bonchev–Trinajstić information content (AvgIpc) is 2.96. The summed E-state index contributed by atoms with van der Waals surface area (Å²) in [5.41, 5.74) is -0.427. The van der Waals surface area contributed by atoms with Gasteiger partial charge in [0.1, 0.15) is 0 Å². The number of carbonyl (C=O) groups excluding carboxylic acids is 4. The van der Waals surface area contributed by atoms with Gasteiger partial charge in [0.05, 0.1) is 12.2 Å². The third-order valence-electron chi connectivity index (χ3n) is 6.34. The fraction of sp³-hybridized carbons (Fsp3) is 0.0968. The van der Waals surface area contributed by atoms with Gasteiger partial charge in [-0.3, -0.25) is 19.8 Å². The minimum atomic E-state index is -2.35. The third-order valence-corrected chi connectivity index (χ3v) is 6.34. The first-order valence-corrected chi connectivity index (χ1v) is 12.4. The molecule has 1 aliphatic heterocycles. The molecule has 1 atom stereocenters. The van der Waals surface area contributed by atoms with Gasteiger partial charge in [-0.25, -0.2) is 14.5 Å². The largest absolute Gasteiger partial charge is 0.422 e. The quantitative estimate of drug-likeness (QED) is 0.329. The van der Waals surface area contributed by atoms with Crippen LogP contribution in [0.15, 0.2) is 121 Å². The number of ether oxygens (including phenoxy) is 1. The Labute approximate surface area is 225 Å². The number of hydrogen-bond donors (Lipinski definition) is 1. The van der Waals surface area contributed by atoms with E-state index in [0.717, 1.165) is 9.80 Å². The minimum Gasteiger partial charge on any atom is -0.422 e. The molecule has 0 radical (unpaired) electrons. The zero-order valence-electron chi connectivity index (χ0n) is 20.9. The number of rotatable bonds is 7. The highest BCUT2D eigenvalue weighted by molar-refractivity contribution is 6.32. The number of para-hydroxylation sites is 2. The van der Waals surface area contributed by atoms with E-state index < -0.39 is 29.5 Å². The Kier molecular flexibility index (Phi) is 7.18. The number of nitrogens with zero attached hydrogens (tertiary/aromatic N) is 2. The van der Waals surface area contributed by atoms with Crippen LogP contribution in [0.25, 0.3) is 0 Å². The van der Waals surface area contributed by atoms with E-state index in [-0.39, 0.29) is 18.7 Å². The molecule has 0 aromatic heterocycles. The molecule has 0 aliphatic carbocycles. The Morgan fingerprint density at radius 2 is 1.18 bits per heavy atom. The molecule has 0 bridgehead atoms. The number of carbonyl (C=O) groups is 4. The standard InChI is InChI=1S/C31H25N3O5/c35-27-31(21-23-13-5-1-6-14-23,39-29(37)32-25-17-9-3-10-18-25)28(36)34(26-19-11-4-12-20-26)30(38)33(27)22-24-15-7-2-8-16-24/h1-20H,21-22H2,(H,32,37). The molecule has 1 N–H and O–H groups in total. The lowest BCUT2D eigenvalue weighted by atomic mass is 9.88. The van der Waals surface area contributed by atoms with Gasteiger partial charge < -0.3 is 4.74 Å². The van der Waals surface area contributed by atoms with Gasteiger partial charge in [0.15, 0.2) is 0 Å². The summed E-state index contributed by atoms with van der Waals surface area (Å²) in [6.45, 7) is -0.116. The molecule has 1 unspecified atom stereocenters. The minimum absolute atomic E-state index is 0.116. The van der Waals surface area contributed by atoms with Gasteiger partial charge in [-0.15, -0.1) is 0 Å². The van der Waals surface area contributed by atoms with Gasteiger partial charge >= 0.3 is 12.1 Å². The predicted molar refractivity (Wildman–Crippen MR) is 146 cm³/mol. The van der Waals surface area contributed by atoms with Crippen molar-refractivity contribution in [2.75, 3.05) is 10.2 Å². The van der Waals surface area contributed by atoms with Crippen LogP contribution in [0.3, 0.4) is 0 Å². The van der Waals surface area contributed by atoms with Crippen LogP contribution >= 0.6 is 0 Å². The van der Waals surface area contributed by atoms with Crippen LogP contribution in [0.4, 0.5) is 21.0 Å². The summed E-state index contributed by atoms with van der Waals surface area (Å²) in [6, 6.07) is 33.7. The number of anilines is 2. The second kappa shape index (κ2) is 11.0. The van der Waals surface area contributed by atoms with Crippen molar-refractivity contribution in [2.45, 2.75) is 18.6 Å². The fourth-order valence-electron chi connectivity index (χ4n) is 4.48. The van der Waals surface area contributed by atoms with E-state index in [1.54, 1.807) is 115 Å². The second-order valence-corrected chi connectivity index (χ2v) is 9.01. The van der Waals surface area contributed by atoms with E-state index in [4.69, 9.17) is 4.74 Å². The summed E-state index contributed by atoms with van der Waals surface area (Å²) < 4.78 is 5.79. The molecule has 39 heavy (non-hydrogen) atoms. The number of nitrogens with one attached hydrogen (secondary N) is 1. The first-order chi connectivity index (χ1) is 19.0. The van der Waals surface area contributed by atoms with Crippen molar-refractivity contribution in [2.24, 2.45) is 0 Å². The molecular formula is C31H25N3O5. The number of barbiturate groups is 1. The Hall–Kier alpha value is -5.24. The molecule has 194 valence electrons. The van der Waals surface area contributed by atoms with Crippen LogP contribution in [-0.4, -0.2) is 34.4 Å². The highest BCUT2D eigenvalue weighted by Crippen LogP contribution is 2.34. The second-order valence-electron chi connectivity index (χ2n) is 9.01. The Balaban J connectivity index is 1.61. The van der Waals surface area contributed by atoms with Crippen molar-refractivity contribution in [1.29, 1.82) is 0 Å². The summed E-state index contributed by atoms with van der Waals surface area (Å²) in [6.07, 6.45) is -1.27. The molecule has 4 aromatic carbocycles. The van der Waals surface area contributed by atoms with E-state index in [0.29, 0.717) is 16.8 Å². The maximum Gasteiger partial charge on any atom is 0.413 e. The number of hydrogen-bond acceptors (Lipinski definition) is 5. The molecule has 0 spiro atoms. The Morgan fingerprint density at radius 1 is 0.667 bits per heavy atom. The van der Waals surface area contributed by atoms with Gasteiger partial charge in [0, 0.05) is 12.1 Å². The SMILES string of the molecule is O=C(Nc1ccccc1)OC1(Cc2ccccc2)C(=O)N(Cc2ccccc2)C(=O)N(c2ccccc2)C1=O. The van der Waals surface area contributed by atoms with Gasteiger partial charge in [0.2, 0.25) is 0 Å². The summed E-state index contributed by atoms with van der Waals surface area (Å²) in [7, 11) is 0. The zero-order chi connectivity index (χ0) is 27.2. The third kappa shape index (κ3) is 5.26. The van der Waals surface area contributed by atoms with Crippen LogP contribution in [0.1, 0.15) is 11.1 Å². The molecule has 8 nitrogen and oxygen atoms in total. The first kappa shape index (κ1) is 25.4. The number of urea groups is 1. The molecule has 1 heterocycles. The van der Waals surface area contributed by atoms with E-state index in [2.05, 4.69) is 5.32 Å². The molecular weight excluding hydrogens is 494 g/mol. The maximum atomic E-state index is 14.2. The smallest absolute Gasteiger partial charge is 0.413 e. The molecule has 4 aromatic rings. The summed E-state index contributed by atoms with van der Waals surface area (Å²) in [4.78, 5) is 57.2. The lowest BCUT2D eigenvalue weighted by Crippen LogP contribution is -2.71. The van der Waals surface area contributed by atoms with Gasteiger partial charge in [-0.2, -0.15) is 0 Å². The highest BCUT2D eigenvalue weighted by Gasteiger charge is 2.61. The van der Waals surface area contributed by atoms with Crippen LogP contribution in [0.5, 0.6) is 0 Å². The zero-order valence-corrected chi connectivity index (χ0v) is 20.9. The van der Waals surface area contributed by atoms with Crippen molar-refractivity contribution in [3.05, 3.63) is 132 Å². The lowest BCUT2D eigenvalue weighted by molar-refractivity contribution is -0.160. The highest BCUT2D eigenvalue weighted by atomic mass is 16.6. The van der Waals surface area contributed by atoms with E-state index in [9.17, 15) is 19.2 Å². The van der Waals surface area contributed by atoms with Crippen molar-refractivity contribution in [3.8, 4) is 0 Å². The Morgan fingerprint density at radius 3 is 1.77 bits per heavy atom. The molecule has 5 rings (SSSR count). The maximum absolute atomic E-state index is 14.2. The first-order valence-electron chi connectivity index (χ1n) is 12.4. The molecule has 5 amide bonds. The van der Waals surface area contributed by atoms with Crippen molar-refractivity contribution < 1.29 is 23.9 Å². The van der Waals surface area contributed by atoms with Crippen molar-refractivity contribution >= 4 is 35.3 Å². The molecule has 0 saturated carbocycles. The average molecular weight is 520 g/mol. The monoisotopic (exact) mass is 519 g/mol. The van der Waals surface area contributed by atoms with Gasteiger partial charge in [-0.05, 0) is 35.4 Å². The molecule has 8 heteroatoms. The van der Waals surface area contributed by atoms with E-state index in [1.165, 1.54) is 0 Å². The number of imide groups is 2. The van der Waals surface area contributed by atoms with E-state index >= 15 is 0 Å². The van der Waals surface area contributed by atoms with E-state index in [1.807, 2.05) is 6.07 Å². The normalized spacial score (nSPS) is 17.2. The van der Waals surface area contributed by atoms with Crippen molar-refractivity contribution in [3.63, 3.8) is 0 Å².